The summed E-state index contributed by atoms with van der Waals surface area (Å²) in [6.07, 6.45) is 3.23. The lowest BCUT2D eigenvalue weighted by Gasteiger charge is -2.19. The second-order valence-corrected chi connectivity index (χ2v) is 8.40. The molecular formula is C18H18BrClN2O3. The number of imide groups is 1. The Kier molecular flexibility index (Phi) is 4.36. The minimum absolute atomic E-state index is 0.0679. The standard InChI is InChI=1S/C18H18BrClN2O3/c19-12-4-3-11(8-13(12)20)21-14(23)5-6-22-17(24)15-9-1-2-10(7-9)16(15)18(22)25/h3-4,8-10,15-16H,1-2,5-7H2,(H,21,23)/t9-,10+,15-,16+. The maximum Gasteiger partial charge on any atom is 0.233 e. The molecule has 132 valence electrons. The van der Waals surface area contributed by atoms with Crippen LogP contribution >= 0.6 is 27.5 Å². The number of carbonyl (C=O) groups excluding carboxylic acids is 3. The van der Waals surface area contributed by atoms with Crippen LogP contribution in [0.1, 0.15) is 25.7 Å². The molecule has 3 amide bonds. The first-order valence-electron chi connectivity index (χ1n) is 8.56. The third kappa shape index (κ3) is 2.89. The summed E-state index contributed by atoms with van der Waals surface area (Å²) in [5, 5.41) is 3.26. The van der Waals surface area contributed by atoms with E-state index in [-0.39, 0.29) is 42.5 Å². The van der Waals surface area contributed by atoms with Crippen LogP contribution < -0.4 is 5.32 Å². The molecule has 7 heteroatoms. The molecule has 3 aliphatic rings. The van der Waals surface area contributed by atoms with Gasteiger partial charge in [0.05, 0.1) is 16.9 Å². The summed E-state index contributed by atoms with van der Waals surface area (Å²) >= 11 is 9.30. The lowest BCUT2D eigenvalue weighted by Crippen LogP contribution is -2.35. The molecule has 1 N–H and O–H groups in total. The summed E-state index contributed by atoms with van der Waals surface area (Å²) in [6, 6.07) is 5.14. The van der Waals surface area contributed by atoms with Crippen molar-refractivity contribution in [3.63, 3.8) is 0 Å². The van der Waals surface area contributed by atoms with Crippen molar-refractivity contribution < 1.29 is 14.4 Å². The third-order valence-electron chi connectivity index (χ3n) is 5.78. The van der Waals surface area contributed by atoms with Gasteiger partial charge in [-0.2, -0.15) is 0 Å². The van der Waals surface area contributed by atoms with Crippen molar-refractivity contribution in [3.05, 3.63) is 27.7 Å². The number of fused-ring (bicyclic) bond motifs is 5. The minimum atomic E-state index is -0.237. The Bertz CT molecular complexity index is 741. The van der Waals surface area contributed by atoms with E-state index in [2.05, 4.69) is 21.2 Å². The molecule has 0 aromatic heterocycles. The molecule has 0 spiro atoms. The summed E-state index contributed by atoms with van der Waals surface area (Å²) in [5.41, 5.74) is 0.590. The normalized spacial score (nSPS) is 30.1. The summed E-state index contributed by atoms with van der Waals surface area (Å²) in [4.78, 5) is 38.6. The quantitative estimate of drug-likeness (QED) is 0.751. The smallest absolute Gasteiger partial charge is 0.233 e. The van der Waals surface area contributed by atoms with Crippen molar-refractivity contribution in [2.75, 3.05) is 11.9 Å². The summed E-state index contributed by atoms with van der Waals surface area (Å²) < 4.78 is 0.751. The van der Waals surface area contributed by atoms with E-state index in [4.69, 9.17) is 11.6 Å². The van der Waals surface area contributed by atoms with Crippen molar-refractivity contribution in [3.8, 4) is 0 Å². The van der Waals surface area contributed by atoms with E-state index in [9.17, 15) is 14.4 Å². The summed E-state index contributed by atoms with van der Waals surface area (Å²) in [5.74, 6) is 0.118. The number of halogens is 2. The highest BCUT2D eigenvalue weighted by Gasteiger charge is 2.60. The molecule has 3 fully saturated rings. The Hall–Kier alpha value is -1.40. The van der Waals surface area contributed by atoms with Gasteiger partial charge in [-0.3, -0.25) is 19.3 Å². The number of hydrogen-bond acceptors (Lipinski definition) is 3. The van der Waals surface area contributed by atoms with Crippen LogP contribution in [0.3, 0.4) is 0 Å². The fraction of sp³-hybridized carbons (Fsp3) is 0.500. The molecule has 4 rings (SSSR count). The van der Waals surface area contributed by atoms with Crippen LogP contribution in [0.25, 0.3) is 0 Å². The van der Waals surface area contributed by atoms with Crippen LogP contribution in [0, 0.1) is 23.7 Å². The first kappa shape index (κ1) is 17.0. The summed E-state index contributed by atoms with van der Waals surface area (Å²) in [6.45, 7) is 0.153. The van der Waals surface area contributed by atoms with Gasteiger partial charge in [-0.15, -0.1) is 0 Å². The Balaban J connectivity index is 1.36. The fourth-order valence-electron chi connectivity index (χ4n) is 4.70. The highest BCUT2D eigenvalue weighted by atomic mass is 79.9. The number of carbonyl (C=O) groups is 3. The van der Waals surface area contributed by atoms with Gasteiger partial charge in [0.25, 0.3) is 0 Å². The Morgan fingerprint density at radius 1 is 1.20 bits per heavy atom. The Labute approximate surface area is 159 Å². The number of nitrogens with one attached hydrogen (secondary N) is 1. The molecule has 1 aromatic rings. The van der Waals surface area contributed by atoms with Crippen molar-refractivity contribution >= 4 is 50.9 Å². The van der Waals surface area contributed by atoms with Gasteiger partial charge in [0.1, 0.15) is 0 Å². The largest absolute Gasteiger partial charge is 0.326 e. The van der Waals surface area contributed by atoms with Crippen molar-refractivity contribution in [1.82, 2.24) is 4.90 Å². The average molecular weight is 426 g/mol. The lowest BCUT2D eigenvalue weighted by atomic mass is 9.81. The number of hydrogen-bond donors (Lipinski definition) is 1. The molecule has 2 saturated carbocycles. The zero-order valence-electron chi connectivity index (χ0n) is 13.5. The van der Waals surface area contributed by atoms with Crippen molar-refractivity contribution in [2.24, 2.45) is 23.7 Å². The third-order valence-corrected chi connectivity index (χ3v) is 7.02. The van der Waals surface area contributed by atoms with E-state index >= 15 is 0 Å². The van der Waals surface area contributed by atoms with Crippen LogP contribution in [0.5, 0.6) is 0 Å². The highest BCUT2D eigenvalue weighted by molar-refractivity contribution is 9.10. The van der Waals surface area contributed by atoms with Gasteiger partial charge in [0.15, 0.2) is 0 Å². The van der Waals surface area contributed by atoms with Gasteiger partial charge in [-0.05, 0) is 65.2 Å². The zero-order valence-corrected chi connectivity index (χ0v) is 15.8. The van der Waals surface area contributed by atoms with E-state index < -0.39 is 0 Å². The molecule has 1 aromatic carbocycles. The van der Waals surface area contributed by atoms with Gasteiger partial charge < -0.3 is 5.32 Å². The number of nitrogens with zero attached hydrogens (tertiary/aromatic N) is 1. The van der Waals surface area contributed by atoms with E-state index in [0.29, 0.717) is 22.5 Å². The van der Waals surface area contributed by atoms with E-state index in [0.717, 1.165) is 23.7 Å². The van der Waals surface area contributed by atoms with Gasteiger partial charge in [0, 0.05) is 23.1 Å². The maximum atomic E-state index is 12.6. The Morgan fingerprint density at radius 2 is 1.84 bits per heavy atom. The molecule has 1 saturated heterocycles. The van der Waals surface area contributed by atoms with E-state index in [1.165, 1.54) is 4.90 Å². The van der Waals surface area contributed by atoms with Gasteiger partial charge >= 0.3 is 0 Å². The summed E-state index contributed by atoms with van der Waals surface area (Å²) in [7, 11) is 0. The molecule has 5 nitrogen and oxygen atoms in total. The Morgan fingerprint density at radius 3 is 2.44 bits per heavy atom. The molecule has 1 aliphatic heterocycles. The van der Waals surface area contributed by atoms with E-state index in [1.54, 1.807) is 18.2 Å². The van der Waals surface area contributed by atoms with Crippen LogP contribution in [0.2, 0.25) is 5.02 Å². The highest BCUT2D eigenvalue weighted by Crippen LogP contribution is 2.56. The number of rotatable bonds is 4. The number of likely N-dealkylation sites (tertiary alicyclic amines) is 1. The first-order chi connectivity index (χ1) is 12.0. The number of amides is 3. The van der Waals surface area contributed by atoms with Crippen molar-refractivity contribution in [1.29, 1.82) is 0 Å². The second kappa shape index (κ2) is 6.40. The van der Waals surface area contributed by atoms with Crippen LogP contribution in [-0.2, 0) is 14.4 Å². The van der Waals surface area contributed by atoms with E-state index in [1.807, 2.05) is 0 Å². The molecule has 0 radical (unpaired) electrons. The van der Waals surface area contributed by atoms with Crippen LogP contribution in [0.4, 0.5) is 5.69 Å². The average Bonchev–Trinajstić information content (AvgIpc) is 3.24. The predicted octanol–water partition coefficient (Wildman–Crippen LogP) is 3.46. The minimum Gasteiger partial charge on any atom is -0.326 e. The molecule has 0 unspecified atom stereocenters. The monoisotopic (exact) mass is 424 g/mol. The zero-order chi connectivity index (χ0) is 17.7. The fourth-order valence-corrected chi connectivity index (χ4v) is 5.13. The molecule has 1 heterocycles. The van der Waals surface area contributed by atoms with Crippen molar-refractivity contribution in [2.45, 2.75) is 25.7 Å². The van der Waals surface area contributed by atoms with Gasteiger partial charge in [-0.1, -0.05) is 11.6 Å². The lowest BCUT2D eigenvalue weighted by molar-refractivity contribution is -0.140. The predicted molar refractivity (Wildman–Crippen MR) is 96.9 cm³/mol. The molecular weight excluding hydrogens is 408 g/mol. The SMILES string of the molecule is O=C(CCN1C(=O)[C@@H]2[C@@H]3CC[C@@H](C3)[C@@H]2C1=O)Nc1ccc(Br)c(Cl)c1. The van der Waals surface area contributed by atoms with Crippen LogP contribution in [-0.4, -0.2) is 29.2 Å². The topological polar surface area (TPSA) is 66.5 Å². The molecule has 2 aliphatic carbocycles. The molecule has 25 heavy (non-hydrogen) atoms. The van der Waals surface area contributed by atoms with Crippen LogP contribution in [0.15, 0.2) is 22.7 Å². The van der Waals surface area contributed by atoms with Gasteiger partial charge in [0.2, 0.25) is 17.7 Å². The maximum absolute atomic E-state index is 12.6. The molecule has 4 atom stereocenters. The first-order valence-corrected chi connectivity index (χ1v) is 9.73. The number of benzene rings is 1. The molecule has 2 bridgehead atoms. The number of anilines is 1. The second-order valence-electron chi connectivity index (χ2n) is 7.14. The van der Waals surface area contributed by atoms with Gasteiger partial charge in [-0.25, -0.2) is 0 Å².